The van der Waals surface area contributed by atoms with Crippen molar-refractivity contribution in [1.82, 2.24) is 5.32 Å². The lowest BCUT2D eigenvalue weighted by molar-refractivity contribution is -0.161. The lowest BCUT2D eigenvalue weighted by Gasteiger charge is -2.22. The maximum Gasteiger partial charge on any atom is 0.395 e. The molecule has 6 nitrogen and oxygen atoms in total. The Morgan fingerprint density at radius 2 is 1.88 bits per heavy atom. The Morgan fingerprint density at radius 3 is 2.41 bits per heavy atom. The number of ether oxygens (including phenoxy) is 1. The van der Waals surface area contributed by atoms with Crippen LogP contribution in [0.4, 0.5) is 27.6 Å². The van der Waals surface area contributed by atoms with E-state index in [1.807, 2.05) is 0 Å². The number of sulfonamides is 1. The van der Waals surface area contributed by atoms with Crippen molar-refractivity contribution in [3.63, 3.8) is 0 Å². The van der Waals surface area contributed by atoms with Crippen LogP contribution in [-0.2, 0) is 19.6 Å². The van der Waals surface area contributed by atoms with E-state index >= 15 is 0 Å². The molecule has 0 spiro atoms. The van der Waals surface area contributed by atoms with Gasteiger partial charge in [-0.25, -0.2) is 17.2 Å². The third-order valence-electron chi connectivity index (χ3n) is 4.74. The minimum absolute atomic E-state index is 0.0191. The highest BCUT2D eigenvalue weighted by Gasteiger charge is 2.39. The number of benzene rings is 1. The number of anilines is 1. The fraction of sp³-hybridized carbons (Fsp3) is 0.409. The molecule has 0 bridgehead atoms. The predicted molar refractivity (Wildman–Crippen MR) is 117 cm³/mol. The molecule has 0 aliphatic heterocycles. The molecule has 1 aliphatic rings. The molecule has 2 atom stereocenters. The first-order chi connectivity index (χ1) is 15.7. The Morgan fingerprint density at radius 1 is 1.26 bits per heavy atom. The van der Waals surface area contributed by atoms with Crippen molar-refractivity contribution < 1.29 is 39.9 Å². The number of allylic oxidation sites excluding steroid dienone is 3. The summed E-state index contributed by atoms with van der Waals surface area (Å²) in [6.07, 6.45) is 1.29. The van der Waals surface area contributed by atoms with Crippen LogP contribution < -0.4 is 10.0 Å². The van der Waals surface area contributed by atoms with Crippen LogP contribution in [0.15, 0.2) is 47.8 Å². The summed E-state index contributed by atoms with van der Waals surface area (Å²) in [5, 5.41) is 2.48. The first-order valence-corrected chi connectivity index (χ1v) is 12.2. The summed E-state index contributed by atoms with van der Waals surface area (Å²) in [5.41, 5.74) is -0.491. The number of hydrogen-bond acceptors (Lipinski definition) is 4. The number of hydrogen-bond donors (Lipinski definition) is 2. The molecule has 2 unspecified atom stereocenters. The molecular weight excluding hydrogens is 483 g/mol. The Hall–Kier alpha value is -2.89. The highest BCUT2D eigenvalue weighted by atomic mass is 32.2. The first-order valence-electron chi connectivity index (χ1n) is 10.3. The van der Waals surface area contributed by atoms with E-state index in [0.717, 1.165) is 30.5 Å². The van der Waals surface area contributed by atoms with Gasteiger partial charge in [0.05, 0.1) is 24.8 Å². The van der Waals surface area contributed by atoms with Crippen molar-refractivity contribution in [2.24, 2.45) is 5.92 Å². The van der Waals surface area contributed by atoms with Crippen molar-refractivity contribution in [3.05, 3.63) is 65.0 Å². The SMILES string of the molecule is CCCOC1=CC(C(F)(F)F)CC=C1/C=C/C(=O)NC(C)c1cc(F)c(NS(C)(=O)=O)c(F)c1. The molecule has 0 radical (unpaired) electrons. The Kier molecular flexibility index (Phi) is 8.87. The van der Waals surface area contributed by atoms with Gasteiger partial charge in [-0.05, 0) is 49.6 Å². The van der Waals surface area contributed by atoms with Crippen LogP contribution >= 0.6 is 0 Å². The molecule has 0 fully saturated rings. The number of nitrogens with one attached hydrogen (secondary N) is 2. The lowest BCUT2D eigenvalue weighted by Crippen LogP contribution is -2.25. The molecule has 0 heterocycles. The molecule has 188 valence electrons. The van der Waals surface area contributed by atoms with Crippen molar-refractivity contribution in [3.8, 4) is 0 Å². The van der Waals surface area contributed by atoms with E-state index in [0.29, 0.717) is 12.0 Å². The smallest absolute Gasteiger partial charge is 0.395 e. The zero-order valence-corrected chi connectivity index (χ0v) is 19.5. The molecule has 0 saturated heterocycles. The second-order valence-electron chi connectivity index (χ2n) is 7.72. The summed E-state index contributed by atoms with van der Waals surface area (Å²) >= 11 is 0. The molecule has 12 heteroatoms. The van der Waals surface area contributed by atoms with Crippen LogP contribution in [0.3, 0.4) is 0 Å². The van der Waals surface area contributed by atoms with Crippen molar-refractivity contribution in [2.75, 3.05) is 17.6 Å². The number of amides is 1. The van der Waals surface area contributed by atoms with Gasteiger partial charge in [0.1, 0.15) is 11.4 Å². The van der Waals surface area contributed by atoms with Gasteiger partial charge in [0, 0.05) is 11.6 Å². The van der Waals surface area contributed by atoms with E-state index in [-0.39, 0.29) is 24.4 Å². The second-order valence-corrected chi connectivity index (χ2v) is 9.47. The third-order valence-corrected chi connectivity index (χ3v) is 5.31. The standard InChI is InChI=1S/C22H25F5N2O4S/c1-4-9-33-19-12-16(22(25,26)27)7-5-14(19)6-8-20(30)28-13(2)15-10-17(23)21(18(24)11-15)29-34(3,31)32/h5-6,8,10-13,16,29H,4,7,9H2,1-3H3,(H,28,30)/b8-6+. The normalized spacial score (nSPS) is 17.7. The van der Waals surface area contributed by atoms with Crippen LogP contribution in [0.5, 0.6) is 0 Å². The number of carbonyl (C=O) groups excluding carboxylic acids is 1. The fourth-order valence-corrected chi connectivity index (χ4v) is 3.63. The van der Waals surface area contributed by atoms with Crippen LogP contribution in [0.1, 0.15) is 38.3 Å². The molecule has 34 heavy (non-hydrogen) atoms. The van der Waals surface area contributed by atoms with Gasteiger partial charge >= 0.3 is 6.18 Å². The molecule has 2 rings (SSSR count). The second kappa shape index (κ2) is 11.0. The van der Waals surface area contributed by atoms with Gasteiger partial charge in [0.25, 0.3) is 0 Å². The maximum atomic E-state index is 14.2. The van der Waals surface area contributed by atoms with E-state index in [2.05, 4.69) is 5.32 Å². The molecule has 1 aliphatic carbocycles. The monoisotopic (exact) mass is 508 g/mol. The Labute approximate surface area is 194 Å². The predicted octanol–water partition coefficient (Wildman–Crippen LogP) is 4.89. The van der Waals surface area contributed by atoms with Crippen molar-refractivity contribution >= 4 is 21.6 Å². The van der Waals surface area contributed by atoms with E-state index in [1.54, 1.807) is 11.6 Å². The molecule has 1 aromatic carbocycles. The van der Waals surface area contributed by atoms with Crippen LogP contribution in [-0.4, -0.2) is 33.4 Å². The van der Waals surface area contributed by atoms with E-state index in [1.165, 1.54) is 19.1 Å². The largest absolute Gasteiger partial charge is 0.493 e. The number of rotatable bonds is 9. The van der Waals surface area contributed by atoms with Gasteiger partial charge in [-0.1, -0.05) is 13.0 Å². The number of halogens is 5. The molecule has 2 N–H and O–H groups in total. The van der Waals surface area contributed by atoms with Crippen molar-refractivity contribution in [2.45, 2.75) is 38.9 Å². The summed E-state index contributed by atoms with van der Waals surface area (Å²) in [5.74, 6) is -4.65. The number of alkyl halides is 3. The quantitative estimate of drug-likeness (QED) is 0.368. The highest BCUT2D eigenvalue weighted by Crippen LogP contribution is 2.36. The van der Waals surface area contributed by atoms with E-state index < -0.39 is 51.4 Å². The summed E-state index contributed by atoms with van der Waals surface area (Å²) in [6, 6.07) is 0.895. The van der Waals surface area contributed by atoms with Gasteiger partial charge in [-0.15, -0.1) is 0 Å². The summed E-state index contributed by atoms with van der Waals surface area (Å²) in [4.78, 5) is 12.3. The maximum absolute atomic E-state index is 14.2. The van der Waals surface area contributed by atoms with Gasteiger partial charge < -0.3 is 10.1 Å². The first kappa shape index (κ1) is 27.4. The summed E-state index contributed by atoms with van der Waals surface area (Å²) in [6.45, 7) is 3.45. The third kappa shape index (κ3) is 7.86. The molecule has 1 aromatic rings. The van der Waals surface area contributed by atoms with Crippen LogP contribution in [0.25, 0.3) is 0 Å². The minimum atomic E-state index is -4.42. The fourth-order valence-electron chi connectivity index (χ4n) is 3.06. The number of carbonyl (C=O) groups is 1. The summed E-state index contributed by atoms with van der Waals surface area (Å²) in [7, 11) is -3.91. The highest BCUT2D eigenvalue weighted by molar-refractivity contribution is 7.92. The van der Waals surface area contributed by atoms with Crippen LogP contribution in [0.2, 0.25) is 0 Å². The summed E-state index contributed by atoms with van der Waals surface area (Å²) < 4.78 is 97.1. The van der Waals surface area contributed by atoms with Crippen molar-refractivity contribution in [1.29, 1.82) is 0 Å². The minimum Gasteiger partial charge on any atom is -0.493 e. The Bertz CT molecular complexity index is 1090. The average Bonchev–Trinajstić information content (AvgIpc) is 2.72. The zero-order valence-electron chi connectivity index (χ0n) is 18.7. The molecule has 1 amide bonds. The van der Waals surface area contributed by atoms with E-state index in [4.69, 9.17) is 4.74 Å². The van der Waals surface area contributed by atoms with Gasteiger partial charge in [0.2, 0.25) is 15.9 Å². The Balaban J connectivity index is 2.12. The zero-order chi connectivity index (χ0) is 25.7. The van der Waals surface area contributed by atoms with E-state index in [9.17, 15) is 35.2 Å². The lowest BCUT2D eigenvalue weighted by atomic mass is 9.94. The molecular formula is C22H25F5N2O4S. The van der Waals surface area contributed by atoms with Gasteiger partial charge in [0.15, 0.2) is 11.6 Å². The topological polar surface area (TPSA) is 84.5 Å². The average molecular weight is 509 g/mol. The molecule has 0 saturated carbocycles. The van der Waals surface area contributed by atoms with Crippen LogP contribution in [0, 0.1) is 17.6 Å². The van der Waals surface area contributed by atoms with Gasteiger partial charge in [-0.2, -0.15) is 13.2 Å². The molecule has 0 aromatic heterocycles. The van der Waals surface area contributed by atoms with Gasteiger partial charge in [-0.3, -0.25) is 9.52 Å².